The topological polar surface area (TPSA) is 39.2 Å². The maximum atomic E-state index is 12.5. The Labute approximate surface area is 145 Å². The Bertz CT molecular complexity index is 936. The molecule has 1 aliphatic heterocycles. The van der Waals surface area contributed by atoms with E-state index in [-0.39, 0.29) is 5.78 Å². The number of para-hydroxylation sites is 1. The summed E-state index contributed by atoms with van der Waals surface area (Å²) in [7, 11) is 0. The van der Waals surface area contributed by atoms with Crippen molar-refractivity contribution in [2.24, 2.45) is 0 Å². The van der Waals surface area contributed by atoms with Gasteiger partial charge in [0.15, 0.2) is 5.78 Å². The monoisotopic (exact) mass is 335 g/mol. The first-order valence-corrected chi connectivity index (χ1v) is 8.97. The highest BCUT2D eigenvalue weighted by atomic mass is 32.2. The van der Waals surface area contributed by atoms with Gasteiger partial charge in [0.05, 0.1) is 22.9 Å². The van der Waals surface area contributed by atoms with Crippen LogP contribution in [0.4, 0.5) is 0 Å². The second-order valence-electron chi connectivity index (χ2n) is 5.93. The van der Waals surface area contributed by atoms with Crippen LogP contribution >= 0.6 is 11.8 Å². The number of nitrogens with zero attached hydrogens (tertiary/aromatic N) is 1. The molecule has 24 heavy (non-hydrogen) atoms. The lowest BCUT2D eigenvalue weighted by molar-refractivity contribution is 0.102. The number of hydrogen-bond donors (Lipinski definition) is 0. The van der Waals surface area contributed by atoms with Crippen molar-refractivity contribution in [1.29, 1.82) is 0 Å². The van der Waals surface area contributed by atoms with Crippen LogP contribution in [0.25, 0.3) is 10.9 Å². The number of benzene rings is 2. The summed E-state index contributed by atoms with van der Waals surface area (Å²) < 4.78 is 5.49. The molecule has 0 bridgehead atoms. The van der Waals surface area contributed by atoms with E-state index in [2.05, 4.69) is 24.0 Å². The number of fused-ring (bicyclic) bond motifs is 2. The molecule has 0 unspecified atom stereocenters. The number of ketones is 1. The lowest BCUT2D eigenvalue weighted by Gasteiger charge is -2.06. The molecule has 0 N–H and O–H groups in total. The zero-order valence-electron chi connectivity index (χ0n) is 13.4. The molecule has 0 saturated heterocycles. The van der Waals surface area contributed by atoms with Crippen LogP contribution in [0.15, 0.2) is 53.6 Å². The molecule has 0 aliphatic carbocycles. The Balaban J connectivity index is 1.51. The first-order valence-electron chi connectivity index (χ1n) is 7.99. The minimum Gasteiger partial charge on any atom is -0.493 e. The van der Waals surface area contributed by atoms with Crippen LogP contribution in [0.3, 0.4) is 0 Å². The summed E-state index contributed by atoms with van der Waals surface area (Å²) in [5, 5.41) is 2.05. The molecule has 3 aromatic rings. The van der Waals surface area contributed by atoms with Crippen LogP contribution in [0, 0.1) is 6.92 Å². The zero-order valence-corrected chi connectivity index (χ0v) is 14.2. The minimum absolute atomic E-state index is 0.127. The van der Waals surface area contributed by atoms with Crippen LogP contribution in [-0.2, 0) is 6.42 Å². The van der Waals surface area contributed by atoms with Gasteiger partial charge in [0, 0.05) is 17.4 Å². The molecule has 3 nitrogen and oxygen atoms in total. The number of Topliss-reactive ketones (excluding diaryl/α,β-unsaturated/α-hetero) is 1. The predicted molar refractivity (Wildman–Crippen MR) is 97.2 cm³/mol. The fourth-order valence-electron chi connectivity index (χ4n) is 2.98. The number of aryl methyl sites for hydroxylation is 1. The molecule has 0 amide bonds. The van der Waals surface area contributed by atoms with Gasteiger partial charge in [-0.05, 0) is 48.4 Å². The molecule has 1 aromatic heterocycles. The van der Waals surface area contributed by atoms with Crippen LogP contribution in [0.5, 0.6) is 5.75 Å². The molecule has 0 spiro atoms. The van der Waals surface area contributed by atoms with Crippen molar-refractivity contribution in [3.05, 3.63) is 65.2 Å². The Morgan fingerprint density at radius 1 is 1.21 bits per heavy atom. The van der Waals surface area contributed by atoms with Gasteiger partial charge in [0.2, 0.25) is 0 Å². The van der Waals surface area contributed by atoms with Crippen molar-refractivity contribution in [1.82, 2.24) is 4.98 Å². The molecular formula is C20H17NO2S. The van der Waals surface area contributed by atoms with Crippen LogP contribution in [-0.4, -0.2) is 23.1 Å². The third kappa shape index (κ3) is 2.89. The lowest BCUT2D eigenvalue weighted by atomic mass is 10.1. The molecule has 1 aliphatic rings. The van der Waals surface area contributed by atoms with Gasteiger partial charge in [0.25, 0.3) is 0 Å². The molecule has 2 heterocycles. The van der Waals surface area contributed by atoms with Gasteiger partial charge in [-0.1, -0.05) is 30.0 Å². The van der Waals surface area contributed by atoms with Gasteiger partial charge in [-0.25, -0.2) is 4.98 Å². The highest BCUT2D eigenvalue weighted by Gasteiger charge is 2.15. The third-order valence-corrected chi connectivity index (χ3v) is 5.17. The SMILES string of the molecule is Cc1cc(SCC(=O)c2ccc3c(c2)CCO3)nc2ccccc12. The molecule has 0 radical (unpaired) electrons. The van der Waals surface area contributed by atoms with Crippen molar-refractivity contribution in [2.75, 3.05) is 12.4 Å². The van der Waals surface area contributed by atoms with E-state index in [1.165, 1.54) is 17.3 Å². The van der Waals surface area contributed by atoms with Crippen molar-refractivity contribution in [3.63, 3.8) is 0 Å². The smallest absolute Gasteiger partial charge is 0.173 e. The Kier molecular flexibility index (Phi) is 3.98. The maximum Gasteiger partial charge on any atom is 0.173 e. The van der Waals surface area contributed by atoms with Crippen molar-refractivity contribution >= 4 is 28.4 Å². The van der Waals surface area contributed by atoms with E-state index in [0.29, 0.717) is 12.4 Å². The van der Waals surface area contributed by atoms with Crippen LogP contribution in [0.1, 0.15) is 21.5 Å². The second kappa shape index (κ2) is 6.29. The van der Waals surface area contributed by atoms with E-state index in [0.717, 1.165) is 39.2 Å². The molecule has 0 atom stereocenters. The van der Waals surface area contributed by atoms with Crippen LogP contribution < -0.4 is 4.74 Å². The summed E-state index contributed by atoms with van der Waals surface area (Å²) in [6.45, 7) is 2.79. The van der Waals surface area contributed by atoms with E-state index in [9.17, 15) is 4.79 Å². The number of pyridine rings is 1. The largest absolute Gasteiger partial charge is 0.493 e. The van der Waals surface area contributed by atoms with Crippen molar-refractivity contribution < 1.29 is 9.53 Å². The van der Waals surface area contributed by atoms with Crippen LogP contribution in [0.2, 0.25) is 0 Å². The fraction of sp³-hybridized carbons (Fsp3) is 0.200. The first kappa shape index (κ1) is 15.2. The Hall–Kier alpha value is -2.33. The number of ether oxygens (including phenoxy) is 1. The van der Waals surface area contributed by atoms with Gasteiger partial charge in [-0.15, -0.1) is 0 Å². The normalized spacial score (nSPS) is 12.9. The average Bonchev–Trinajstić information content (AvgIpc) is 3.07. The summed E-state index contributed by atoms with van der Waals surface area (Å²) in [5.41, 5.74) is 4.04. The van der Waals surface area contributed by atoms with Crippen molar-refractivity contribution in [3.8, 4) is 5.75 Å². The van der Waals surface area contributed by atoms with E-state index in [4.69, 9.17) is 4.74 Å². The minimum atomic E-state index is 0.127. The van der Waals surface area contributed by atoms with Gasteiger partial charge in [-0.3, -0.25) is 4.79 Å². The third-order valence-electron chi connectivity index (χ3n) is 4.26. The average molecular weight is 335 g/mol. The van der Waals surface area contributed by atoms with Gasteiger partial charge in [-0.2, -0.15) is 0 Å². The molecule has 2 aromatic carbocycles. The van der Waals surface area contributed by atoms with Gasteiger partial charge in [0.1, 0.15) is 5.75 Å². The molecule has 0 saturated carbocycles. The second-order valence-corrected chi connectivity index (χ2v) is 6.92. The predicted octanol–water partition coefficient (Wildman–Crippen LogP) is 4.45. The number of rotatable bonds is 4. The molecule has 4 heteroatoms. The number of aromatic nitrogens is 1. The fourth-order valence-corrected chi connectivity index (χ4v) is 3.84. The zero-order chi connectivity index (χ0) is 16.5. The highest BCUT2D eigenvalue weighted by Crippen LogP contribution is 2.28. The lowest BCUT2D eigenvalue weighted by Crippen LogP contribution is -2.03. The molecular weight excluding hydrogens is 318 g/mol. The Morgan fingerprint density at radius 2 is 2.08 bits per heavy atom. The summed E-state index contributed by atoms with van der Waals surface area (Å²) in [6, 6.07) is 15.9. The molecule has 4 rings (SSSR count). The summed E-state index contributed by atoms with van der Waals surface area (Å²) in [6.07, 6.45) is 0.884. The van der Waals surface area contributed by atoms with E-state index in [1.807, 2.05) is 36.4 Å². The number of carbonyl (C=O) groups excluding carboxylic acids is 1. The van der Waals surface area contributed by atoms with Gasteiger partial charge < -0.3 is 4.74 Å². The summed E-state index contributed by atoms with van der Waals surface area (Å²) in [4.78, 5) is 17.1. The molecule has 0 fully saturated rings. The molecule has 120 valence electrons. The number of thioether (sulfide) groups is 1. The van der Waals surface area contributed by atoms with Crippen molar-refractivity contribution in [2.45, 2.75) is 18.4 Å². The van der Waals surface area contributed by atoms with E-state index in [1.54, 1.807) is 0 Å². The quantitative estimate of drug-likeness (QED) is 0.521. The summed E-state index contributed by atoms with van der Waals surface area (Å²) in [5.74, 6) is 1.43. The van der Waals surface area contributed by atoms with E-state index >= 15 is 0 Å². The van der Waals surface area contributed by atoms with E-state index < -0.39 is 0 Å². The summed E-state index contributed by atoms with van der Waals surface area (Å²) >= 11 is 1.49. The number of carbonyl (C=O) groups is 1. The maximum absolute atomic E-state index is 12.5. The first-order chi connectivity index (χ1) is 11.7. The Morgan fingerprint density at radius 3 is 3.00 bits per heavy atom. The van der Waals surface area contributed by atoms with Gasteiger partial charge >= 0.3 is 0 Å². The number of hydrogen-bond acceptors (Lipinski definition) is 4. The highest BCUT2D eigenvalue weighted by molar-refractivity contribution is 7.99. The standard InChI is InChI=1S/C20H17NO2S/c1-13-10-20(21-17-5-3-2-4-16(13)17)24-12-18(22)14-6-7-19-15(11-14)8-9-23-19/h2-7,10-11H,8-9,12H2,1H3.